The summed E-state index contributed by atoms with van der Waals surface area (Å²) in [5.41, 5.74) is 5.31. The number of aryl methyl sites for hydroxylation is 3. The van der Waals surface area contributed by atoms with Gasteiger partial charge in [0.1, 0.15) is 17.2 Å². The predicted octanol–water partition coefficient (Wildman–Crippen LogP) is 5.03. The molecule has 1 N–H and O–H groups in total. The monoisotopic (exact) mass is 442 g/mol. The molecule has 6 nitrogen and oxygen atoms in total. The van der Waals surface area contributed by atoms with E-state index in [9.17, 15) is 9.59 Å². The molecule has 3 aromatic carbocycles. The third-order valence-corrected chi connectivity index (χ3v) is 5.90. The van der Waals surface area contributed by atoms with Gasteiger partial charge in [-0.15, -0.1) is 0 Å². The van der Waals surface area contributed by atoms with Gasteiger partial charge in [-0.3, -0.25) is 9.59 Å². The van der Waals surface area contributed by atoms with Crippen molar-refractivity contribution in [2.24, 2.45) is 0 Å². The molecule has 33 heavy (non-hydrogen) atoms. The van der Waals surface area contributed by atoms with Crippen LogP contribution in [0.3, 0.4) is 0 Å². The molecule has 1 aliphatic rings. The fraction of sp³-hybridized carbons (Fsp3) is 0.185. The molecule has 0 unspecified atom stereocenters. The molecular formula is C27H26N2O4. The molecule has 0 saturated carbocycles. The molecule has 0 fully saturated rings. The van der Waals surface area contributed by atoms with Crippen LogP contribution in [0.5, 0.6) is 11.5 Å². The topological polar surface area (TPSA) is 67.9 Å². The van der Waals surface area contributed by atoms with E-state index in [1.807, 2.05) is 57.2 Å². The van der Waals surface area contributed by atoms with Gasteiger partial charge >= 0.3 is 0 Å². The number of nitrogens with zero attached hydrogens (tertiary/aromatic N) is 1. The maximum atomic E-state index is 13.7. The third kappa shape index (κ3) is 3.96. The second-order valence-corrected chi connectivity index (χ2v) is 7.97. The first kappa shape index (κ1) is 22.1. The first-order valence-corrected chi connectivity index (χ1v) is 10.6. The smallest absolute Gasteiger partial charge is 0.282 e. The lowest BCUT2D eigenvalue weighted by atomic mass is 9.99. The fourth-order valence-corrected chi connectivity index (χ4v) is 3.88. The van der Waals surface area contributed by atoms with Crippen molar-refractivity contribution >= 4 is 28.8 Å². The lowest BCUT2D eigenvalue weighted by Gasteiger charge is -2.18. The number of imide groups is 1. The zero-order chi connectivity index (χ0) is 23.7. The summed E-state index contributed by atoms with van der Waals surface area (Å²) in [5.74, 6) is 0.333. The Labute approximate surface area is 193 Å². The first-order valence-electron chi connectivity index (χ1n) is 10.6. The van der Waals surface area contributed by atoms with Crippen LogP contribution in [0.15, 0.2) is 66.4 Å². The Bertz CT molecular complexity index is 1290. The van der Waals surface area contributed by atoms with Gasteiger partial charge in [0.15, 0.2) is 0 Å². The number of para-hydroxylation sites is 1. The van der Waals surface area contributed by atoms with Crippen molar-refractivity contribution in [3.05, 3.63) is 88.6 Å². The van der Waals surface area contributed by atoms with Gasteiger partial charge in [0, 0.05) is 6.07 Å². The van der Waals surface area contributed by atoms with Gasteiger partial charge in [-0.25, -0.2) is 4.90 Å². The number of ether oxygens (including phenoxy) is 2. The zero-order valence-corrected chi connectivity index (χ0v) is 19.4. The highest BCUT2D eigenvalue weighted by molar-refractivity contribution is 6.46. The van der Waals surface area contributed by atoms with Crippen molar-refractivity contribution in [1.29, 1.82) is 0 Å². The largest absolute Gasteiger partial charge is 0.497 e. The maximum Gasteiger partial charge on any atom is 0.282 e. The van der Waals surface area contributed by atoms with Crippen molar-refractivity contribution in [3.8, 4) is 11.5 Å². The standard InChI is InChI=1S/C27H26N2O4/c1-16-10-11-19(14-18(16)3)24-25(28-21-13-12-20(32-4)15-23(21)33-5)27(31)29(26(24)30)22-9-7-6-8-17(22)2/h6-15,28H,1-5H3. The second-order valence-electron chi connectivity index (χ2n) is 7.97. The summed E-state index contributed by atoms with van der Waals surface area (Å²) in [6.07, 6.45) is 0. The summed E-state index contributed by atoms with van der Waals surface area (Å²) in [4.78, 5) is 28.6. The minimum atomic E-state index is -0.416. The molecule has 168 valence electrons. The van der Waals surface area contributed by atoms with E-state index in [-0.39, 0.29) is 11.6 Å². The van der Waals surface area contributed by atoms with Gasteiger partial charge < -0.3 is 14.8 Å². The minimum Gasteiger partial charge on any atom is -0.497 e. The molecule has 0 spiro atoms. The number of hydrogen-bond donors (Lipinski definition) is 1. The van der Waals surface area contributed by atoms with Crippen molar-refractivity contribution in [3.63, 3.8) is 0 Å². The SMILES string of the molecule is COc1ccc(NC2=C(c3ccc(C)c(C)c3)C(=O)N(c3ccccc3C)C2=O)c(OC)c1. The summed E-state index contributed by atoms with van der Waals surface area (Å²) >= 11 is 0. The molecule has 1 heterocycles. The Hall–Kier alpha value is -4.06. The molecule has 6 heteroatoms. The predicted molar refractivity (Wildman–Crippen MR) is 130 cm³/mol. The molecule has 4 rings (SSSR count). The van der Waals surface area contributed by atoms with Crippen LogP contribution in [-0.2, 0) is 9.59 Å². The van der Waals surface area contributed by atoms with Gasteiger partial charge in [-0.1, -0.05) is 36.4 Å². The van der Waals surface area contributed by atoms with Crippen molar-refractivity contribution in [2.75, 3.05) is 24.4 Å². The molecule has 0 aromatic heterocycles. The molecule has 0 bridgehead atoms. The van der Waals surface area contributed by atoms with Crippen LogP contribution < -0.4 is 19.7 Å². The van der Waals surface area contributed by atoms with E-state index in [1.165, 1.54) is 4.90 Å². The van der Waals surface area contributed by atoms with Gasteiger partial charge in [0.25, 0.3) is 11.8 Å². The molecule has 2 amide bonds. The highest BCUT2D eigenvalue weighted by Gasteiger charge is 2.41. The molecule has 0 atom stereocenters. The van der Waals surface area contributed by atoms with Crippen LogP contribution in [0.2, 0.25) is 0 Å². The number of nitrogens with one attached hydrogen (secondary N) is 1. The number of carbonyl (C=O) groups excluding carboxylic acids is 2. The van der Waals surface area contributed by atoms with Gasteiger partial charge in [-0.05, 0) is 61.2 Å². The van der Waals surface area contributed by atoms with Crippen molar-refractivity contribution < 1.29 is 19.1 Å². The van der Waals surface area contributed by atoms with Crippen LogP contribution in [0.4, 0.5) is 11.4 Å². The number of benzene rings is 3. The summed E-state index contributed by atoms with van der Waals surface area (Å²) in [7, 11) is 3.11. The Morgan fingerprint density at radius 3 is 2.18 bits per heavy atom. The van der Waals surface area contributed by atoms with Crippen LogP contribution >= 0.6 is 0 Å². The number of carbonyl (C=O) groups is 2. The Balaban J connectivity index is 1.87. The number of rotatable bonds is 6. The lowest BCUT2D eigenvalue weighted by Crippen LogP contribution is -2.33. The summed E-state index contributed by atoms with van der Waals surface area (Å²) in [6.45, 7) is 5.87. The van der Waals surface area contributed by atoms with Gasteiger partial charge in [-0.2, -0.15) is 0 Å². The summed E-state index contributed by atoms with van der Waals surface area (Å²) < 4.78 is 10.8. The van der Waals surface area contributed by atoms with Crippen LogP contribution in [0.1, 0.15) is 22.3 Å². The van der Waals surface area contributed by atoms with E-state index < -0.39 is 5.91 Å². The third-order valence-electron chi connectivity index (χ3n) is 5.90. The van der Waals surface area contributed by atoms with E-state index in [4.69, 9.17) is 9.47 Å². The van der Waals surface area contributed by atoms with E-state index in [0.717, 1.165) is 16.7 Å². The number of hydrogen-bond acceptors (Lipinski definition) is 5. The highest BCUT2D eigenvalue weighted by Crippen LogP contribution is 2.37. The van der Waals surface area contributed by atoms with Crippen molar-refractivity contribution in [1.82, 2.24) is 0 Å². The molecule has 0 aliphatic carbocycles. The molecular weight excluding hydrogens is 416 g/mol. The number of methoxy groups -OCH3 is 2. The number of amides is 2. The molecule has 0 saturated heterocycles. The lowest BCUT2D eigenvalue weighted by molar-refractivity contribution is -0.120. The minimum absolute atomic E-state index is 0.204. The number of anilines is 2. The Morgan fingerprint density at radius 2 is 1.52 bits per heavy atom. The first-order chi connectivity index (χ1) is 15.8. The molecule has 1 aliphatic heterocycles. The van der Waals surface area contributed by atoms with E-state index in [1.54, 1.807) is 38.5 Å². The summed E-state index contributed by atoms with van der Waals surface area (Å²) in [5, 5.41) is 3.18. The molecule has 0 radical (unpaired) electrons. The van der Waals surface area contributed by atoms with Crippen LogP contribution in [-0.4, -0.2) is 26.0 Å². The summed E-state index contributed by atoms with van der Waals surface area (Å²) in [6, 6.07) is 18.4. The fourth-order valence-electron chi connectivity index (χ4n) is 3.88. The van der Waals surface area contributed by atoms with E-state index in [2.05, 4.69) is 5.32 Å². The molecule has 3 aromatic rings. The van der Waals surface area contributed by atoms with Gasteiger partial charge in [0.05, 0.1) is 31.2 Å². The normalized spacial score (nSPS) is 13.5. The zero-order valence-electron chi connectivity index (χ0n) is 19.4. The Kier molecular flexibility index (Phi) is 5.92. The average molecular weight is 443 g/mol. The second kappa shape index (κ2) is 8.82. The Morgan fingerprint density at radius 1 is 0.758 bits per heavy atom. The maximum absolute atomic E-state index is 13.7. The highest BCUT2D eigenvalue weighted by atomic mass is 16.5. The van der Waals surface area contributed by atoms with E-state index in [0.29, 0.717) is 34.0 Å². The van der Waals surface area contributed by atoms with Crippen LogP contribution in [0.25, 0.3) is 5.57 Å². The van der Waals surface area contributed by atoms with E-state index >= 15 is 0 Å². The van der Waals surface area contributed by atoms with Gasteiger partial charge in [0.2, 0.25) is 0 Å². The average Bonchev–Trinajstić information content (AvgIpc) is 3.05. The van der Waals surface area contributed by atoms with Crippen molar-refractivity contribution in [2.45, 2.75) is 20.8 Å². The quantitative estimate of drug-likeness (QED) is 0.543. The van der Waals surface area contributed by atoms with Crippen LogP contribution in [0, 0.1) is 20.8 Å².